The van der Waals surface area contributed by atoms with E-state index in [1.54, 1.807) is 0 Å². The minimum Gasteiger partial charge on any atom is -0.344 e. The summed E-state index contributed by atoms with van der Waals surface area (Å²) in [5, 5.41) is 3.52. The van der Waals surface area contributed by atoms with Gasteiger partial charge in [-0.3, -0.25) is 4.79 Å². The second kappa shape index (κ2) is 4.63. The maximum absolute atomic E-state index is 12.3. The van der Waals surface area contributed by atoms with Gasteiger partial charge in [-0.15, -0.1) is 11.3 Å². The first-order valence-corrected chi connectivity index (χ1v) is 5.81. The van der Waals surface area contributed by atoms with Gasteiger partial charge in [0.1, 0.15) is 5.69 Å². The smallest absolute Gasteiger partial charge is 0.318 e. The Hall–Kier alpha value is -0.0800. The molecule has 1 rings (SSSR count). The molecule has 0 unspecified atom stereocenters. The van der Waals surface area contributed by atoms with Gasteiger partial charge in [-0.2, -0.15) is 8.78 Å². The highest BCUT2D eigenvalue weighted by atomic mass is 79.9. The van der Waals surface area contributed by atoms with Crippen molar-refractivity contribution in [1.82, 2.24) is 10.3 Å². The normalized spacial score (nSPS) is 11.4. The van der Waals surface area contributed by atoms with E-state index in [1.165, 1.54) is 16.7 Å². The van der Waals surface area contributed by atoms with Gasteiger partial charge in [0.25, 0.3) is 5.91 Å². The number of nitrogens with one attached hydrogen (secondary N) is 1. The molecule has 1 aromatic heterocycles. The first-order chi connectivity index (χ1) is 6.38. The molecule has 0 aliphatic carbocycles. The number of thiazole rings is 1. The zero-order chi connectivity index (χ0) is 10.8. The fraction of sp³-hybridized carbons (Fsp3) is 0.333. The topological polar surface area (TPSA) is 42.0 Å². The number of carbonyl (C=O) groups is 1. The van der Waals surface area contributed by atoms with E-state index >= 15 is 0 Å². The lowest BCUT2D eigenvalue weighted by molar-refractivity contribution is 0.0832. The second-order valence-electron chi connectivity index (χ2n) is 2.28. The summed E-state index contributed by atoms with van der Waals surface area (Å²) in [4.78, 5) is 11.8. The standard InChI is InChI=1S/C6H4Br2F2N2OS/c7-5-12-3(1-14-5)4(13)11-2-6(8,9)10/h1H,2H2,(H,11,13). The molecule has 0 bridgehead atoms. The van der Waals surface area contributed by atoms with Gasteiger partial charge in [0.05, 0.1) is 6.54 Å². The summed E-state index contributed by atoms with van der Waals surface area (Å²) >= 11 is 6.38. The molecule has 1 heterocycles. The molecular formula is C6H4Br2F2N2OS. The van der Waals surface area contributed by atoms with Crippen LogP contribution in [0.15, 0.2) is 9.30 Å². The van der Waals surface area contributed by atoms with Gasteiger partial charge in [0, 0.05) is 5.38 Å². The molecule has 1 N–H and O–H groups in total. The van der Waals surface area contributed by atoms with Gasteiger partial charge in [-0.05, 0) is 31.9 Å². The van der Waals surface area contributed by atoms with E-state index in [1.807, 2.05) is 5.32 Å². The van der Waals surface area contributed by atoms with E-state index < -0.39 is 17.3 Å². The third kappa shape index (κ3) is 3.97. The summed E-state index contributed by atoms with van der Waals surface area (Å²) < 4.78 is 25.1. The number of nitrogens with zero attached hydrogens (tertiary/aromatic N) is 1. The average molecular weight is 350 g/mol. The van der Waals surface area contributed by atoms with Gasteiger partial charge in [-0.25, -0.2) is 4.98 Å². The number of hydrogen-bond donors (Lipinski definition) is 1. The summed E-state index contributed by atoms with van der Waals surface area (Å²) in [6.07, 6.45) is 0. The molecule has 1 aromatic rings. The fourth-order valence-corrected chi connectivity index (χ4v) is 1.76. The number of carbonyl (C=O) groups excluding carboxylic acids is 1. The van der Waals surface area contributed by atoms with E-state index in [9.17, 15) is 13.6 Å². The van der Waals surface area contributed by atoms with Gasteiger partial charge < -0.3 is 5.32 Å². The highest BCUT2D eigenvalue weighted by molar-refractivity contribution is 9.11. The van der Waals surface area contributed by atoms with Crippen LogP contribution in [0.1, 0.15) is 10.5 Å². The lowest BCUT2D eigenvalue weighted by atomic mass is 10.4. The third-order valence-corrected chi connectivity index (χ3v) is 2.80. The average Bonchev–Trinajstić information content (AvgIpc) is 2.46. The second-order valence-corrected chi connectivity index (χ2v) is 5.58. The number of hydrogen-bond acceptors (Lipinski definition) is 3. The van der Waals surface area contributed by atoms with E-state index in [4.69, 9.17) is 0 Å². The lowest BCUT2D eigenvalue weighted by Crippen LogP contribution is -2.32. The van der Waals surface area contributed by atoms with Crippen molar-refractivity contribution in [3.05, 3.63) is 15.0 Å². The maximum Gasteiger partial charge on any atom is 0.318 e. The van der Waals surface area contributed by atoms with E-state index in [-0.39, 0.29) is 5.69 Å². The predicted octanol–water partition coefficient (Wildman–Crippen LogP) is 2.62. The number of alkyl halides is 3. The van der Waals surface area contributed by atoms with Gasteiger partial charge in [0.15, 0.2) is 3.92 Å². The van der Waals surface area contributed by atoms with Crippen LogP contribution in [0, 0.1) is 0 Å². The quantitative estimate of drug-likeness (QED) is 0.852. The monoisotopic (exact) mass is 348 g/mol. The number of amides is 1. The van der Waals surface area contributed by atoms with Crippen molar-refractivity contribution in [1.29, 1.82) is 0 Å². The molecule has 0 atom stereocenters. The maximum atomic E-state index is 12.3. The van der Waals surface area contributed by atoms with Crippen molar-refractivity contribution in [2.45, 2.75) is 4.83 Å². The summed E-state index contributed by atoms with van der Waals surface area (Å²) in [7, 11) is 0. The van der Waals surface area contributed by atoms with Crippen LogP contribution in [0.25, 0.3) is 0 Å². The van der Waals surface area contributed by atoms with Crippen molar-refractivity contribution in [3.63, 3.8) is 0 Å². The van der Waals surface area contributed by atoms with Crippen LogP contribution in [-0.2, 0) is 0 Å². The molecule has 0 radical (unpaired) electrons. The largest absolute Gasteiger partial charge is 0.344 e. The van der Waals surface area contributed by atoms with Crippen molar-refractivity contribution in [2.75, 3.05) is 6.54 Å². The molecule has 0 aliphatic rings. The first-order valence-electron chi connectivity index (χ1n) is 3.34. The Morgan fingerprint density at radius 2 is 2.36 bits per heavy atom. The summed E-state index contributed by atoms with van der Waals surface area (Å²) in [5.41, 5.74) is 0.124. The van der Waals surface area contributed by atoms with Crippen LogP contribution in [-0.4, -0.2) is 22.3 Å². The molecule has 14 heavy (non-hydrogen) atoms. The highest BCUT2D eigenvalue weighted by Crippen LogP contribution is 2.20. The van der Waals surface area contributed by atoms with Gasteiger partial charge in [0.2, 0.25) is 0 Å². The fourth-order valence-electron chi connectivity index (χ4n) is 0.627. The Balaban J connectivity index is 2.52. The molecule has 0 spiro atoms. The number of halogens is 4. The van der Waals surface area contributed by atoms with Crippen LogP contribution in [0.4, 0.5) is 8.78 Å². The Morgan fingerprint density at radius 1 is 1.71 bits per heavy atom. The molecule has 0 fully saturated rings. The summed E-state index contributed by atoms with van der Waals surface area (Å²) in [6.45, 7) is -0.763. The van der Waals surface area contributed by atoms with E-state index in [0.717, 1.165) is 0 Å². The minimum atomic E-state index is -3.09. The lowest BCUT2D eigenvalue weighted by Gasteiger charge is -2.08. The van der Waals surface area contributed by atoms with Crippen molar-refractivity contribution in [2.24, 2.45) is 0 Å². The number of rotatable bonds is 3. The predicted molar refractivity (Wildman–Crippen MR) is 56.0 cm³/mol. The third-order valence-electron chi connectivity index (χ3n) is 1.16. The zero-order valence-corrected chi connectivity index (χ0v) is 10.5. The highest BCUT2D eigenvalue weighted by Gasteiger charge is 2.25. The Morgan fingerprint density at radius 3 is 2.79 bits per heavy atom. The molecule has 0 saturated carbocycles. The number of aromatic nitrogens is 1. The van der Waals surface area contributed by atoms with Crippen LogP contribution >= 0.6 is 43.2 Å². The van der Waals surface area contributed by atoms with Gasteiger partial charge in [-0.1, -0.05) is 0 Å². The molecule has 78 valence electrons. The van der Waals surface area contributed by atoms with Crippen molar-refractivity contribution in [3.8, 4) is 0 Å². The van der Waals surface area contributed by atoms with E-state index in [0.29, 0.717) is 3.92 Å². The molecule has 0 aromatic carbocycles. The SMILES string of the molecule is O=C(NCC(F)(F)Br)c1csc(Br)n1. The van der Waals surface area contributed by atoms with Crippen LogP contribution in [0.3, 0.4) is 0 Å². The molecule has 1 amide bonds. The first kappa shape index (κ1) is 12.0. The zero-order valence-electron chi connectivity index (χ0n) is 6.56. The Bertz CT molecular complexity index is 339. The van der Waals surface area contributed by atoms with Crippen molar-refractivity contribution < 1.29 is 13.6 Å². The molecule has 0 aliphatic heterocycles. The molecule has 0 saturated heterocycles. The Labute approximate surface area is 99.2 Å². The van der Waals surface area contributed by atoms with E-state index in [2.05, 4.69) is 36.8 Å². The van der Waals surface area contributed by atoms with Crippen LogP contribution in [0.2, 0.25) is 0 Å². The van der Waals surface area contributed by atoms with Crippen molar-refractivity contribution >= 4 is 49.1 Å². The molecular weight excluding hydrogens is 346 g/mol. The summed E-state index contributed by atoms with van der Waals surface area (Å²) in [5.74, 6) is -0.619. The van der Waals surface area contributed by atoms with Gasteiger partial charge >= 0.3 is 4.83 Å². The summed E-state index contributed by atoms with van der Waals surface area (Å²) in [6, 6.07) is 0. The molecule has 8 heteroatoms. The minimum absolute atomic E-state index is 0.124. The Kier molecular flexibility index (Phi) is 3.96. The van der Waals surface area contributed by atoms with Crippen LogP contribution < -0.4 is 5.32 Å². The van der Waals surface area contributed by atoms with Crippen LogP contribution in [0.5, 0.6) is 0 Å². The molecule has 3 nitrogen and oxygen atoms in total.